The minimum absolute atomic E-state index is 0.00830. The van der Waals surface area contributed by atoms with Crippen molar-refractivity contribution in [2.75, 3.05) is 12.3 Å². The molecule has 0 fully saturated rings. The fourth-order valence-corrected chi connectivity index (χ4v) is 1.80. The number of benzene rings is 1. The maximum Gasteiger partial charge on any atom is 0.441 e. The first-order valence-electron chi connectivity index (χ1n) is 4.74. The van der Waals surface area contributed by atoms with Gasteiger partial charge in [-0.25, -0.2) is 4.39 Å². The van der Waals surface area contributed by atoms with Crippen LogP contribution in [0.4, 0.5) is 17.6 Å². The van der Waals surface area contributed by atoms with Crippen LogP contribution >= 0.6 is 23.4 Å². The summed E-state index contributed by atoms with van der Waals surface area (Å²) in [5.74, 6) is -0.568. The molecule has 0 saturated heterocycles. The van der Waals surface area contributed by atoms with Gasteiger partial charge in [-0.2, -0.15) is 13.2 Å². The summed E-state index contributed by atoms with van der Waals surface area (Å²) in [7, 11) is 0. The maximum atomic E-state index is 12.8. The largest absolute Gasteiger partial charge is 0.441 e. The quantitative estimate of drug-likeness (QED) is 0.653. The lowest BCUT2D eigenvalue weighted by Gasteiger charge is -2.07. The average molecular weight is 288 g/mol. The van der Waals surface area contributed by atoms with Crippen LogP contribution in [0.25, 0.3) is 0 Å². The van der Waals surface area contributed by atoms with E-state index < -0.39 is 11.3 Å². The van der Waals surface area contributed by atoms with Crippen LogP contribution in [0, 0.1) is 5.82 Å². The topological polar surface area (TPSA) is 12.0 Å². The van der Waals surface area contributed by atoms with E-state index in [1.807, 2.05) is 0 Å². The Bertz CT molecular complexity index is 370. The van der Waals surface area contributed by atoms with E-state index in [2.05, 4.69) is 5.32 Å². The molecule has 0 heterocycles. The monoisotopic (exact) mass is 287 g/mol. The molecule has 0 aromatic heterocycles. The molecule has 1 rings (SSSR count). The second kappa shape index (κ2) is 6.47. The summed E-state index contributed by atoms with van der Waals surface area (Å²) in [4.78, 5) is 0. The molecule has 0 spiro atoms. The lowest BCUT2D eigenvalue weighted by molar-refractivity contribution is -0.0327. The van der Waals surface area contributed by atoms with Crippen LogP contribution in [0.1, 0.15) is 5.56 Å². The van der Waals surface area contributed by atoms with Gasteiger partial charge in [-0.1, -0.05) is 17.7 Å². The molecule has 0 aliphatic carbocycles. The summed E-state index contributed by atoms with van der Waals surface area (Å²) in [5.41, 5.74) is -3.46. The minimum atomic E-state index is -4.19. The zero-order valence-corrected chi connectivity index (χ0v) is 10.2. The third-order valence-corrected chi connectivity index (χ3v) is 2.88. The van der Waals surface area contributed by atoms with Crippen LogP contribution < -0.4 is 5.32 Å². The highest BCUT2D eigenvalue weighted by atomic mass is 35.5. The van der Waals surface area contributed by atoms with Crippen molar-refractivity contribution < 1.29 is 17.6 Å². The Hall–Kier alpha value is -0.460. The second-order valence-corrected chi connectivity index (χ2v) is 4.79. The van der Waals surface area contributed by atoms with Crippen molar-refractivity contribution in [2.24, 2.45) is 0 Å². The third-order valence-electron chi connectivity index (χ3n) is 1.86. The number of rotatable bonds is 5. The SMILES string of the molecule is Fc1ccc(CNCCSC(F)(F)F)cc1Cl. The van der Waals surface area contributed by atoms with E-state index in [0.29, 0.717) is 6.54 Å². The summed E-state index contributed by atoms with van der Waals surface area (Å²) in [5, 5.41) is 2.83. The minimum Gasteiger partial charge on any atom is -0.312 e. The Morgan fingerprint density at radius 1 is 1.29 bits per heavy atom. The van der Waals surface area contributed by atoms with E-state index in [4.69, 9.17) is 11.6 Å². The van der Waals surface area contributed by atoms with Gasteiger partial charge in [0.1, 0.15) is 5.82 Å². The number of nitrogens with one attached hydrogen (secondary N) is 1. The molecule has 0 amide bonds. The highest BCUT2D eigenvalue weighted by molar-refractivity contribution is 8.00. The van der Waals surface area contributed by atoms with Crippen LogP contribution in [0.15, 0.2) is 18.2 Å². The molecular formula is C10H10ClF4NS. The molecule has 1 N–H and O–H groups in total. The molecule has 1 aromatic rings. The molecule has 0 saturated carbocycles. The summed E-state index contributed by atoms with van der Waals surface area (Å²) < 4.78 is 48.1. The molecule has 1 nitrogen and oxygen atoms in total. The molecular weight excluding hydrogens is 278 g/mol. The van der Waals surface area contributed by atoms with E-state index >= 15 is 0 Å². The van der Waals surface area contributed by atoms with Gasteiger partial charge in [0, 0.05) is 18.8 Å². The first-order chi connectivity index (χ1) is 7.88. The number of alkyl halides is 3. The number of halogens is 5. The molecule has 0 aliphatic rings. The number of thioether (sulfide) groups is 1. The Kier molecular flexibility index (Phi) is 5.55. The third kappa shape index (κ3) is 6.14. The Morgan fingerprint density at radius 3 is 2.59 bits per heavy atom. The molecule has 7 heteroatoms. The van der Waals surface area contributed by atoms with Gasteiger partial charge in [-0.3, -0.25) is 0 Å². The first-order valence-corrected chi connectivity index (χ1v) is 6.10. The highest BCUT2D eigenvalue weighted by Crippen LogP contribution is 2.29. The van der Waals surface area contributed by atoms with Gasteiger partial charge in [0.05, 0.1) is 5.02 Å². The van der Waals surface area contributed by atoms with Gasteiger partial charge >= 0.3 is 5.51 Å². The fraction of sp³-hybridized carbons (Fsp3) is 0.400. The molecule has 17 heavy (non-hydrogen) atoms. The van der Waals surface area contributed by atoms with Crippen molar-refractivity contribution in [3.05, 3.63) is 34.6 Å². The van der Waals surface area contributed by atoms with E-state index in [0.717, 1.165) is 5.56 Å². The van der Waals surface area contributed by atoms with Crippen molar-refractivity contribution in [2.45, 2.75) is 12.1 Å². The first kappa shape index (κ1) is 14.6. The summed E-state index contributed by atoms with van der Waals surface area (Å²) in [6.07, 6.45) is 0. The fourth-order valence-electron chi connectivity index (χ4n) is 1.12. The van der Waals surface area contributed by atoms with Crippen LogP contribution in [0.5, 0.6) is 0 Å². The van der Waals surface area contributed by atoms with Crippen molar-refractivity contribution >= 4 is 23.4 Å². The van der Waals surface area contributed by atoms with E-state index in [1.54, 1.807) is 0 Å². The number of hydrogen-bond acceptors (Lipinski definition) is 2. The van der Waals surface area contributed by atoms with Crippen LogP contribution in [-0.2, 0) is 6.54 Å². The molecule has 0 atom stereocenters. The molecule has 0 bridgehead atoms. The predicted octanol–water partition coefficient (Wildman–Crippen LogP) is 3.82. The highest BCUT2D eigenvalue weighted by Gasteiger charge is 2.27. The lowest BCUT2D eigenvalue weighted by atomic mass is 10.2. The van der Waals surface area contributed by atoms with Gasteiger partial charge in [0.2, 0.25) is 0 Å². The van der Waals surface area contributed by atoms with Crippen LogP contribution in [0.3, 0.4) is 0 Å². The van der Waals surface area contributed by atoms with Gasteiger partial charge in [-0.05, 0) is 29.5 Å². The summed E-state index contributed by atoms with van der Waals surface area (Å²) in [6, 6.07) is 4.20. The molecule has 1 aromatic carbocycles. The van der Waals surface area contributed by atoms with E-state index in [9.17, 15) is 17.6 Å². The summed E-state index contributed by atoms with van der Waals surface area (Å²) in [6.45, 7) is 0.581. The van der Waals surface area contributed by atoms with E-state index in [-0.39, 0.29) is 29.1 Å². The summed E-state index contributed by atoms with van der Waals surface area (Å²) >= 11 is 5.48. The second-order valence-electron chi connectivity index (χ2n) is 3.22. The van der Waals surface area contributed by atoms with Gasteiger partial charge in [-0.15, -0.1) is 0 Å². The predicted molar refractivity (Wildman–Crippen MR) is 61.6 cm³/mol. The number of hydrogen-bond donors (Lipinski definition) is 1. The Labute approximate surface area is 106 Å². The molecule has 0 unspecified atom stereocenters. The standard InChI is InChI=1S/C10H10ClF4NS/c11-8-5-7(1-2-9(8)12)6-16-3-4-17-10(13,14)15/h1-2,5,16H,3-4,6H2. The zero-order valence-electron chi connectivity index (χ0n) is 8.65. The normalized spacial score (nSPS) is 11.8. The Balaban J connectivity index is 2.25. The lowest BCUT2D eigenvalue weighted by Crippen LogP contribution is -2.18. The van der Waals surface area contributed by atoms with Crippen LogP contribution in [0.2, 0.25) is 5.02 Å². The van der Waals surface area contributed by atoms with Crippen molar-refractivity contribution in [1.29, 1.82) is 0 Å². The van der Waals surface area contributed by atoms with Gasteiger partial charge in [0.15, 0.2) is 0 Å². The smallest absolute Gasteiger partial charge is 0.312 e. The zero-order chi connectivity index (χ0) is 12.9. The molecule has 0 radical (unpaired) electrons. The van der Waals surface area contributed by atoms with Crippen LogP contribution in [-0.4, -0.2) is 17.8 Å². The van der Waals surface area contributed by atoms with Crippen molar-refractivity contribution in [1.82, 2.24) is 5.32 Å². The van der Waals surface area contributed by atoms with E-state index in [1.165, 1.54) is 18.2 Å². The average Bonchev–Trinajstić information content (AvgIpc) is 2.21. The van der Waals surface area contributed by atoms with Crippen molar-refractivity contribution in [3.63, 3.8) is 0 Å². The Morgan fingerprint density at radius 2 is 2.00 bits per heavy atom. The maximum absolute atomic E-state index is 12.8. The van der Waals surface area contributed by atoms with Gasteiger partial charge < -0.3 is 5.32 Å². The van der Waals surface area contributed by atoms with Crippen molar-refractivity contribution in [3.8, 4) is 0 Å². The molecule has 96 valence electrons. The molecule has 0 aliphatic heterocycles. The van der Waals surface area contributed by atoms with Gasteiger partial charge in [0.25, 0.3) is 0 Å².